The van der Waals surface area contributed by atoms with E-state index in [2.05, 4.69) is 47.9 Å². The van der Waals surface area contributed by atoms with Gasteiger partial charge in [0.1, 0.15) is 0 Å². The second kappa shape index (κ2) is 12.0. The van der Waals surface area contributed by atoms with E-state index in [0.717, 1.165) is 32.4 Å². The van der Waals surface area contributed by atoms with Crippen LogP contribution in [0.15, 0.2) is 4.79 Å². The molecule has 31 heavy (non-hydrogen) atoms. The fourth-order valence-electron chi connectivity index (χ4n) is 3.83. The van der Waals surface area contributed by atoms with Crippen molar-refractivity contribution in [3.05, 3.63) is 10.4 Å². The highest BCUT2D eigenvalue weighted by atomic mass is 16.5. The topological polar surface area (TPSA) is 65.9 Å². The normalized spacial score (nSPS) is 16.3. The van der Waals surface area contributed by atoms with Crippen LogP contribution in [0.5, 0.6) is 0 Å². The molecule has 0 fully saturated rings. The number of aromatic nitrogens is 2. The highest BCUT2D eigenvalue weighted by Gasteiger charge is 2.41. The van der Waals surface area contributed by atoms with Crippen LogP contribution in [0.4, 0.5) is 17.5 Å². The third kappa shape index (κ3) is 5.72. The summed E-state index contributed by atoms with van der Waals surface area (Å²) in [6, 6.07) is 3.18. The Bertz CT molecular complexity index is 828. The molecule has 1 aliphatic heterocycles. The molecule has 8 heteroatoms. The van der Waals surface area contributed by atoms with Gasteiger partial charge in [0.05, 0.1) is 6.61 Å². The molecule has 1 aromatic heterocycles. The zero-order chi connectivity index (χ0) is 23.0. The highest BCUT2D eigenvalue weighted by molar-refractivity contribution is 5.76. The van der Waals surface area contributed by atoms with Crippen LogP contribution in [0.2, 0.25) is 0 Å². The van der Waals surface area contributed by atoms with E-state index in [1.165, 1.54) is 0 Å². The zero-order valence-electron chi connectivity index (χ0n) is 20.4. The third-order valence-electron chi connectivity index (χ3n) is 5.81. The van der Waals surface area contributed by atoms with Crippen LogP contribution in [0.3, 0.4) is 0 Å². The van der Waals surface area contributed by atoms with Gasteiger partial charge in [-0.3, -0.25) is 19.2 Å². The number of ether oxygens (including phenoxy) is 1. The van der Waals surface area contributed by atoms with Gasteiger partial charge in [0.25, 0.3) is 5.56 Å². The Labute approximate surface area is 187 Å². The summed E-state index contributed by atoms with van der Waals surface area (Å²) in [5.74, 6) is 4.87. The van der Waals surface area contributed by atoms with Crippen LogP contribution in [0.25, 0.3) is 0 Å². The second-order valence-corrected chi connectivity index (χ2v) is 8.12. The van der Waals surface area contributed by atoms with E-state index < -0.39 is 0 Å². The molecule has 0 amide bonds. The summed E-state index contributed by atoms with van der Waals surface area (Å²) in [7, 11) is 3.75. The number of anilines is 3. The SMILES string of the molecule is CC#CN1c2c(nc(NCCOCC)n(C)c2=O)N(C)C1N(CCC)CCC(C)CC. The van der Waals surface area contributed by atoms with Crippen molar-refractivity contribution in [3.8, 4) is 12.0 Å². The quantitative estimate of drug-likeness (QED) is 0.402. The number of rotatable bonds is 12. The molecule has 8 nitrogen and oxygen atoms in total. The van der Waals surface area contributed by atoms with Gasteiger partial charge in [-0.25, -0.2) is 0 Å². The lowest BCUT2D eigenvalue weighted by molar-refractivity contribution is 0.158. The smallest absolute Gasteiger partial charge is 0.281 e. The first-order valence-electron chi connectivity index (χ1n) is 11.5. The monoisotopic (exact) mass is 432 g/mol. The van der Waals surface area contributed by atoms with Crippen molar-refractivity contribution in [2.24, 2.45) is 13.0 Å². The van der Waals surface area contributed by atoms with Crippen LogP contribution in [0, 0.1) is 17.9 Å². The summed E-state index contributed by atoms with van der Waals surface area (Å²) in [6.45, 7) is 14.2. The summed E-state index contributed by atoms with van der Waals surface area (Å²) in [6.07, 6.45) is 3.16. The van der Waals surface area contributed by atoms with Crippen LogP contribution in [-0.2, 0) is 11.8 Å². The fraction of sp³-hybridized carbons (Fsp3) is 0.739. The van der Waals surface area contributed by atoms with E-state index in [0.29, 0.717) is 43.1 Å². The zero-order valence-corrected chi connectivity index (χ0v) is 20.4. The number of hydrogen-bond acceptors (Lipinski definition) is 7. The van der Waals surface area contributed by atoms with Crippen molar-refractivity contribution in [2.45, 2.75) is 60.2 Å². The van der Waals surface area contributed by atoms with Crippen molar-refractivity contribution in [2.75, 3.05) is 55.0 Å². The van der Waals surface area contributed by atoms with Gasteiger partial charge in [-0.2, -0.15) is 4.98 Å². The Kier molecular flexibility index (Phi) is 9.66. The predicted molar refractivity (Wildman–Crippen MR) is 129 cm³/mol. The van der Waals surface area contributed by atoms with Gasteiger partial charge < -0.3 is 15.0 Å². The molecular weight excluding hydrogens is 392 g/mol. The molecule has 0 radical (unpaired) electrons. The molecule has 0 bridgehead atoms. The van der Waals surface area contributed by atoms with Crippen LogP contribution < -0.4 is 20.7 Å². The van der Waals surface area contributed by atoms with Gasteiger partial charge >= 0.3 is 0 Å². The van der Waals surface area contributed by atoms with E-state index in [1.807, 2.05) is 18.9 Å². The van der Waals surface area contributed by atoms with Gasteiger partial charge in [-0.1, -0.05) is 33.1 Å². The maximum atomic E-state index is 13.3. The van der Waals surface area contributed by atoms with E-state index in [9.17, 15) is 4.79 Å². The Morgan fingerprint density at radius 1 is 1.26 bits per heavy atom. The van der Waals surface area contributed by atoms with Crippen molar-refractivity contribution < 1.29 is 4.74 Å². The molecule has 0 saturated heterocycles. The molecule has 1 N–H and O–H groups in total. The first-order valence-corrected chi connectivity index (χ1v) is 11.5. The van der Waals surface area contributed by atoms with Crippen molar-refractivity contribution in [1.82, 2.24) is 14.5 Å². The first kappa shape index (κ1) is 25.0. The van der Waals surface area contributed by atoms with Gasteiger partial charge in [0, 0.05) is 46.4 Å². The number of nitrogens with one attached hydrogen (secondary N) is 1. The molecule has 0 aliphatic carbocycles. The molecule has 2 rings (SSSR count). The van der Waals surface area contributed by atoms with E-state index >= 15 is 0 Å². The molecule has 2 unspecified atom stereocenters. The summed E-state index contributed by atoms with van der Waals surface area (Å²) in [5, 5.41) is 3.23. The Hall–Kier alpha value is -2.24. The Morgan fingerprint density at radius 2 is 2.00 bits per heavy atom. The maximum absolute atomic E-state index is 13.3. The van der Waals surface area contributed by atoms with Crippen LogP contribution in [-0.4, -0.2) is 60.6 Å². The lowest BCUT2D eigenvalue weighted by atomic mass is 10.1. The maximum Gasteiger partial charge on any atom is 0.281 e. The third-order valence-corrected chi connectivity index (χ3v) is 5.81. The standard InChI is InChI=1S/C23H40N6O2/c1-8-14-28(16-12-18(5)10-3)23-26(6)20-19(29(23)15-9-2)21(30)27(7)22(25-20)24-13-17-31-11-4/h18,23H,8,10-14,16-17H2,1-7H3,(H,24,25). The lowest BCUT2D eigenvalue weighted by Crippen LogP contribution is -2.53. The van der Waals surface area contributed by atoms with Crippen molar-refractivity contribution in [3.63, 3.8) is 0 Å². The predicted octanol–water partition coefficient (Wildman–Crippen LogP) is 2.90. The fourth-order valence-corrected chi connectivity index (χ4v) is 3.83. The minimum atomic E-state index is -0.148. The molecule has 2 atom stereocenters. The van der Waals surface area contributed by atoms with Crippen molar-refractivity contribution >= 4 is 17.5 Å². The molecule has 0 spiro atoms. The minimum Gasteiger partial charge on any atom is -0.380 e. The van der Waals surface area contributed by atoms with Gasteiger partial charge in [0.2, 0.25) is 5.95 Å². The van der Waals surface area contributed by atoms with Gasteiger partial charge in [0.15, 0.2) is 17.8 Å². The molecule has 174 valence electrons. The van der Waals surface area contributed by atoms with E-state index in [1.54, 1.807) is 18.5 Å². The summed E-state index contributed by atoms with van der Waals surface area (Å²) in [5.41, 5.74) is 0.448. The van der Waals surface area contributed by atoms with Crippen LogP contribution in [0.1, 0.15) is 53.9 Å². The number of fused-ring (bicyclic) bond motifs is 1. The first-order chi connectivity index (χ1) is 14.9. The average molecular weight is 433 g/mol. The lowest BCUT2D eigenvalue weighted by Gasteiger charge is -2.37. The van der Waals surface area contributed by atoms with E-state index in [4.69, 9.17) is 9.72 Å². The Morgan fingerprint density at radius 3 is 2.61 bits per heavy atom. The molecule has 1 aromatic rings. The van der Waals surface area contributed by atoms with E-state index in [-0.39, 0.29) is 11.8 Å². The summed E-state index contributed by atoms with van der Waals surface area (Å²) in [4.78, 5) is 24.6. The average Bonchev–Trinajstić information content (AvgIpc) is 3.03. The largest absolute Gasteiger partial charge is 0.380 e. The van der Waals surface area contributed by atoms with Gasteiger partial charge in [-0.05, 0) is 32.6 Å². The molecule has 1 aliphatic rings. The molecular formula is C23H40N6O2. The Balaban J connectivity index is 2.41. The molecule has 2 heterocycles. The highest BCUT2D eigenvalue weighted by Crippen LogP contribution is 2.36. The van der Waals surface area contributed by atoms with Crippen LogP contribution >= 0.6 is 0 Å². The van der Waals surface area contributed by atoms with Crippen molar-refractivity contribution in [1.29, 1.82) is 0 Å². The number of nitrogens with zero attached hydrogens (tertiary/aromatic N) is 5. The van der Waals surface area contributed by atoms with Gasteiger partial charge in [-0.15, -0.1) is 0 Å². The molecule has 0 saturated carbocycles. The minimum absolute atomic E-state index is 0.0978. The number of hydrogen-bond donors (Lipinski definition) is 1. The molecule has 0 aromatic carbocycles. The summed E-state index contributed by atoms with van der Waals surface area (Å²) < 4.78 is 6.96. The second-order valence-electron chi connectivity index (χ2n) is 8.12. The summed E-state index contributed by atoms with van der Waals surface area (Å²) >= 11 is 0.